The van der Waals surface area contributed by atoms with Gasteiger partial charge in [0.2, 0.25) is 0 Å². The molecule has 0 fully saturated rings. The first-order valence-electron chi connectivity index (χ1n) is 7.68. The van der Waals surface area contributed by atoms with Crippen LogP contribution in [0.5, 0.6) is 5.75 Å². The van der Waals surface area contributed by atoms with Crippen LogP contribution in [0.3, 0.4) is 0 Å². The predicted molar refractivity (Wildman–Crippen MR) is 86.8 cm³/mol. The van der Waals surface area contributed by atoms with E-state index in [4.69, 9.17) is 15.4 Å². The molecule has 23 heavy (non-hydrogen) atoms. The van der Waals surface area contributed by atoms with Crippen molar-refractivity contribution in [3.05, 3.63) is 29.8 Å². The van der Waals surface area contributed by atoms with Crippen molar-refractivity contribution in [2.75, 3.05) is 13.1 Å². The van der Waals surface area contributed by atoms with Crippen LogP contribution in [-0.2, 0) is 0 Å². The van der Waals surface area contributed by atoms with Gasteiger partial charge in [0, 0.05) is 13.1 Å². The number of carbonyl (C=O) groups is 2. The third-order valence-electron chi connectivity index (χ3n) is 3.08. The van der Waals surface area contributed by atoms with Gasteiger partial charge in [-0.2, -0.15) is 0 Å². The van der Waals surface area contributed by atoms with Crippen LogP contribution in [0.4, 0.5) is 4.79 Å². The molecule has 0 spiro atoms. The number of hydrogen-bond donors (Lipinski definition) is 4. The van der Waals surface area contributed by atoms with Gasteiger partial charge in [0.05, 0.1) is 5.56 Å². The minimum absolute atomic E-state index is 0.0509. The van der Waals surface area contributed by atoms with Crippen molar-refractivity contribution < 1.29 is 25.0 Å². The number of aromatic hydroxyl groups is 1. The fourth-order valence-electron chi connectivity index (χ4n) is 1.73. The van der Waals surface area contributed by atoms with Crippen molar-refractivity contribution in [3.8, 4) is 5.75 Å². The van der Waals surface area contributed by atoms with Crippen molar-refractivity contribution in [3.63, 3.8) is 0 Å². The molecular formula is C16H26N2O5. The number of unbranched alkanes of at least 4 members (excludes halogenated alkanes) is 2. The first kappa shape index (κ1) is 20.7. The van der Waals surface area contributed by atoms with Gasteiger partial charge in [-0.15, -0.1) is 0 Å². The quantitative estimate of drug-likeness (QED) is 0.454. The van der Waals surface area contributed by atoms with Crippen LogP contribution in [0.2, 0.25) is 0 Å². The van der Waals surface area contributed by atoms with E-state index >= 15 is 0 Å². The monoisotopic (exact) mass is 326 g/mol. The molecule has 0 aromatic heterocycles. The highest BCUT2D eigenvalue weighted by Gasteiger charge is 2.09. The van der Waals surface area contributed by atoms with Gasteiger partial charge < -0.3 is 15.1 Å². The SMILES string of the molecule is CCCCN(CCCC)C(=O)O.O=C(NO)c1ccccc1O. The average molecular weight is 326 g/mol. The zero-order valence-corrected chi connectivity index (χ0v) is 13.7. The fraction of sp³-hybridized carbons (Fsp3) is 0.500. The summed E-state index contributed by atoms with van der Waals surface area (Å²) in [5.41, 5.74) is 1.47. The van der Waals surface area contributed by atoms with Crippen LogP contribution in [0.25, 0.3) is 0 Å². The molecule has 0 saturated carbocycles. The zero-order valence-electron chi connectivity index (χ0n) is 13.7. The molecule has 1 aromatic rings. The Morgan fingerprint density at radius 1 is 1.09 bits per heavy atom. The molecule has 7 nitrogen and oxygen atoms in total. The molecule has 0 aliphatic heterocycles. The Hall–Kier alpha value is -2.28. The van der Waals surface area contributed by atoms with E-state index < -0.39 is 12.0 Å². The number of para-hydroxylation sites is 1. The number of phenols is 1. The maximum Gasteiger partial charge on any atom is 0.407 e. The van der Waals surface area contributed by atoms with Crippen LogP contribution in [0.1, 0.15) is 49.9 Å². The first-order valence-corrected chi connectivity index (χ1v) is 7.68. The molecular weight excluding hydrogens is 300 g/mol. The van der Waals surface area contributed by atoms with E-state index in [-0.39, 0.29) is 11.3 Å². The number of hydroxylamine groups is 1. The minimum Gasteiger partial charge on any atom is -0.507 e. The second-order valence-electron chi connectivity index (χ2n) is 4.93. The third kappa shape index (κ3) is 8.67. The summed E-state index contributed by atoms with van der Waals surface area (Å²) in [6.45, 7) is 5.51. The van der Waals surface area contributed by atoms with Gasteiger partial charge in [-0.1, -0.05) is 38.8 Å². The molecule has 0 saturated heterocycles. The van der Waals surface area contributed by atoms with Crippen molar-refractivity contribution in [1.29, 1.82) is 0 Å². The summed E-state index contributed by atoms with van der Waals surface area (Å²) in [6, 6.07) is 5.94. The molecule has 0 unspecified atom stereocenters. The van der Waals surface area contributed by atoms with Crippen molar-refractivity contribution in [2.45, 2.75) is 39.5 Å². The Balaban J connectivity index is 0.000000422. The van der Waals surface area contributed by atoms with Gasteiger partial charge in [-0.05, 0) is 25.0 Å². The summed E-state index contributed by atoms with van der Waals surface area (Å²) in [6.07, 6.45) is 3.26. The Morgan fingerprint density at radius 2 is 1.61 bits per heavy atom. The summed E-state index contributed by atoms with van der Waals surface area (Å²) in [4.78, 5) is 22.9. The van der Waals surface area contributed by atoms with Crippen LogP contribution in [-0.4, -0.2) is 45.4 Å². The highest BCUT2D eigenvalue weighted by molar-refractivity contribution is 5.95. The van der Waals surface area contributed by atoms with E-state index in [1.807, 2.05) is 0 Å². The van der Waals surface area contributed by atoms with Crippen LogP contribution in [0, 0.1) is 0 Å². The molecule has 0 atom stereocenters. The number of nitrogens with zero attached hydrogens (tertiary/aromatic N) is 1. The summed E-state index contributed by atoms with van der Waals surface area (Å²) in [5, 5.41) is 26.0. The summed E-state index contributed by atoms with van der Waals surface area (Å²) in [5.74, 6) is -0.873. The van der Waals surface area contributed by atoms with Gasteiger partial charge in [0.15, 0.2) is 0 Å². The maximum absolute atomic E-state index is 10.7. The molecule has 0 aliphatic carbocycles. The number of nitrogens with one attached hydrogen (secondary N) is 1. The van der Waals surface area contributed by atoms with Gasteiger partial charge in [0.1, 0.15) is 5.75 Å². The topological polar surface area (TPSA) is 110 Å². The predicted octanol–water partition coefficient (Wildman–Crippen LogP) is 3.08. The molecule has 1 rings (SSSR count). The van der Waals surface area contributed by atoms with Crippen molar-refractivity contribution >= 4 is 12.0 Å². The molecule has 4 N–H and O–H groups in total. The Labute approximate surface area is 136 Å². The number of amides is 2. The molecule has 0 aliphatic rings. The van der Waals surface area contributed by atoms with Crippen molar-refractivity contribution in [1.82, 2.24) is 10.4 Å². The van der Waals surface area contributed by atoms with Gasteiger partial charge in [-0.3, -0.25) is 10.0 Å². The van der Waals surface area contributed by atoms with E-state index in [1.165, 1.54) is 22.5 Å². The standard InChI is InChI=1S/C9H19NO2.C7H7NO3/c1-3-5-7-10(9(11)12)8-6-4-2;9-6-4-2-1-3-5(6)7(10)8-11/h3-8H2,1-2H3,(H,11,12);1-4,9,11H,(H,8,10). The third-order valence-corrected chi connectivity index (χ3v) is 3.08. The summed E-state index contributed by atoms with van der Waals surface area (Å²) in [7, 11) is 0. The van der Waals surface area contributed by atoms with Crippen LogP contribution >= 0.6 is 0 Å². The van der Waals surface area contributed by atoms with Gasteiger partial charge in [0.25, 0.3) is 5.91 Å². The van der Waals surface area contributed by atoms with Gasteiger partial charge in [-0.25, -0.2) is 10.3 Å². The second kappa shape index (κ2) is 12.3. The van der Waals surface area contributed by atoms with E-state index in [9.17, 15) is 9.59 Å². The Morgan fingerprint density at radius 3 is 2.00 bits per heavy atom. The fourth-order valence-corrected chi connectivity index (χ4v) is 1.73. The molecule has 130 valence electrons. The first-order chi connectivity index (χ1) is 11.0. The second-order valence-corrected chi connectivity index (χ2v) is 4.93. The summed E-state index contributed by atoms with van der Waals surface area (Å²) < 4.78 is 0. The molecule has 2 amide bonds. The van der Waals surface area contributed by atoms with E-state index in [0.717, 1.165) is 25.7 Å². The summed E-state index contributed by atoms with van der Waals surface area (Å²) >= 11 is 0. The molecule has 0 heterocycles. The lowest BCUT2D eigenvalue weighted by Crippen LogP contribution is -2.31. The Kier molecular flexibility index (Phi) is 11.1. The van der Waals surface area contributed by atoms with Gasteiger partial charge >= 0.3 is 6.09 Å². The van der Waals surface area contributed by atoms with E-state index in [0.29, 0.717) is 13.1 Å². The Bertz CT molecular complexity index is 471. The smallest absolute Gasteiger partial charge is 0.407 e. The van der Waals surface area contributed by atoms with Crippen LogP contribution < -0.4 is 5.48 Å². The number of benzene rings is 1. The highest BCUT2D eigenvalue weighted by Crippen LogP contribution is 2.14. The molecule has 0 radical (unpaired) electrons. The van der Waals surface area contributed by atoms with Crippen molar-refractivity contribution in [2.24, 2.45) is 0 Å². The van der Waals surface area contributed by atoms with E-state index in [2.05, 4.69) is 13.8 Å². The molecule has 7 heteroatoms. The highest BCUT2D eigenvalue weighted by atomic mass is 16.5. The lowest BCUT2D eigenvalue weighted by atomic mass is 10.2. The number of phenolic OH excluding ortho intramolecular Hbond substituents is 1. The average Bonchev–Trinajstić information content (AvgIpc) is 2.55. The number of hydrogen-bond acceptors (Lipinski definition) is 4. The number of rotatable bonds is 7. The minimum atomic E-state index is -0.781. The maximum atomic E-state index is 10.7. The largest absolute Gasteiger partial charge is 0.507 e. The normalized spacial score (nSPS) is 9.52. The molecule has 1 aromatic carbocycles. The lowest BCUT2D eigenvalue weighted by Gasteiger charge is -2.17. The molecule has 0 bridgehead atoms. The van der Waals surface area contributed by atoms with Crippen LogP contribution in [0.15, 0.2) is 24.3 Å². The van der Waals surface area contributed by atoms with E-state index in [1.54, 1.807) is 12.1 Å². The lowest BCUT2D eigenvalue weighted by molar-refractivity contribution is 0.0703. The number of carbonyl (C=O) groups excluding carboxylic acids is 1. The number of carboxylic acid groups (broad SMARTS) is 1. The zero-order chi connectivity index (χ0) is 17.7.